The Hall–Kier alpha value is -0.710. The number of benzene rings is 1. The molecule has 21 heavy (non-hydrogen) atoms. The van der Waals surface area contributed by atoms with Gasteiger partial charge in [0.25, 0.3) is 0 Å². The smallest absolute Gasteiger partial charge is 0.507 e. The highest BCUT2D eigenvalue weighted by Gasteiger charge is 2.41. The number of Topliss-reactive ketones (excluding diaryl/α,β-unsaturated/α-hetero) is 1. The topological polar surface area (TPSA) is 83.8 Å². The molecular formula is C13H16Cl2O5P+. The van der Waals surface area contributed by atoms with Crippen molar-refractivity contribution < 1.29 is 23.9 Å². The van der Waals surface area contributed by atoms with Crippen molar-refractivity contribution in [1.82, 2.24) is 0 Å². The third kappa shape index (κ3) is 4.63. The summed E-state index contributed by atoms with van der Waals surface area (Å²) in [5, 5.41) is 9.69. The lowest BCUT2D eigenvalue weighted by molar-refractivity contribution is 0.0553. The minimum Gasteiger partial charge on any atom is -0.507 e. The van der Waals surface area contributed by atoms with E-state index in [9.17, 15) is 14.5 Å². The van der Waals surface area contributed by atoms with Crippen molar-refractivity contribution in [2.75, 3.05) is 11.8 Å². The number of rotatable bonds is 8. The van der Waals surface area contributed by atoms with Crippen LogP contribution in [0.4, 0.5) is 0 Å². The molecule has 1 rings (SSSR count). The Labute approximate surface area is 133 Å². The number of halogens is 2. The van der Waals surface area contributed by atoms with E-state index in [4.69, 9.17) is 32.6 Å². The van der Waals surface area contributed by atoms with E-state index in [1.807, 2.05) is 0 Å². The van der Waals surface area contributed by atoms with Gasteiger partial charge in [0, 0.05) is 16.3 Å². The van der Waals surface area contributed by atoms with Crippen LogP contribution in [-0.2, 0) is 14.7 Å². The van der Waals surface area contributed by atoms with Crippen molar-refractivity contribution in [3.8, 4) is 5.75 Å². The van der Waals surface area contributed by atoms with Crippen molar-refractivity contribution in [2.45, 2.75) is 25.4 Å². The average molecular weight is 354 g/mol. The van der Waals surface area contributed by atoms with Gasteiger partial charge in [0.15, 0.2) is 11.4 Å². The molecule has 1 aromatic rings. The number of ketones is 1. The molecule has 0 radical (unpaired) electrons. The Morgan fingerprint density at radius 3 is 2.33 bits per heavy atom. The fraction of sp³-hybridized carbons (Fsp3) is 0.462. The summed E-state index contributed by atoms with van der Waals surface area (Å²) >= 11 is 11.5. The number of phenolic OH excluding ortho intramolecular Hbond substituents is 1. The predicted molar refractivity (Wildman–Crippen MR) is 81.4 cm³/mol. The second-order valence-electron chi connectivity index (χ2n) is 4.49. The van der Waals surface area contributed by atoms with Crippen LogP contribution < -0.4 is 0 Å². The molecule has 0 aliphatic carbocycles. The first-order valence-corrected chi connectivity index (χ1v) is 8.38. The Balaban J connectivity index is 3.39. The molecule has 0 saturated heterocycles. The zero-order chi connectivity index (χ0) is 16.0. The molecule has 8 heteroatoms. The van der Waals surface area contributed by atoms with Gasteiger partial charge >= 0.3 is 8.25 Å². The summed E-state index contributed by atoms with van der Waals surface area (Å²) in [6, 6.07) is 4.31. The first-order chi connectivity index (χ1) is 9.86. The largest absolute Gasteiger partial charge is 0.695 e. The van der Waals surface area contributed by atoms with Crippen LogP contribution in [0, 0.1) is 0 Å². The van der Waals surface area contributed by atoms with Crippen molar-refractivity contribution in [1.29, 1.82) is 0 Å². The summed E-state index contributed by atoms with van der Waals surface area (Å²) in [5.41, 5.74) is -0.592. The molecule has 1 atom stereocenters. The van der Waals surface area contributed by atoms with Gasteiger partial charge in [-0.2, -0.15) is 0 Å². The van der Waals surface area contributed by atoms with Crippen LogP contribution in [-0.4, -0.2) is 27.5 Å². The summed E-state index contributed by atoms with van der Waals surface area (Å²) in [6.45, 7) is 1.32. The van der Waals surface area contributed by atoms with Gasteiger partial charge in [-0.25, -0.2) is 0 Å². The van der Waals surface area contributed by atoms with Crippen molar-refractivity contribution in [3.05, 3.63) is 29.3 Å². The highest BCUT2D eigenvalue weighted by Crippen LogP contribution is 2.42. The Bertz CT molecular complexity index is 529. The van der Waals surface area contributed by atoms with Gasteiger partial charge in [0.05, 0.1) is 5.56 Å². The maximum atomic E-state index is 11.5. The van der Waals surface area contributed by atoms with Gasteiger partial charge < -0.3 is 5.11 Å². The van der Waals surface area contributed by atoms with E-state index >= 15 is 0 Å². The third-order valence-electron chi connectivity index (χ3n) is 3.15. The van der Waals surface area contributed by atoms with Gasteiger partial charge in [-0.1, -0.05) is 6.07 Å². The van der Waals surface area contributed by atoms with E-state index < -0.39 is 13.9 Å². The second kappa shape index (κ2) is 8.06. The molecule has 0 aromatic heterocycles. The van der Waals surface area contributed by atoms with Crippen molar-refractivity contribution in [3.63, 3.8) is 0 Å². The summed E-state index contributed by atoms with van der Waals surface area (Å²) < 4.78 is 16.3. The Morgan fingerprint density at radius 1 is 1.33 bits per heavy atom. The first kappa shape index (κ1) is 18.3. The summed E-state index contributed by atoms with van der Waals surface area (Å²) in [4.78, 5) is 20.6. The van der Waals surface area contributed by atoms with Crippen LogP contribution in [0.2, 0.25) is 0 Å². The molecule has 0 aliphatic rings. The van der Waals surface area contributed by atoms with Crippen molar-refractivity contribution in [2.24, 2.45) is 0 Å². The summed E-state index contributed by atoms with van der Waals surface area (Å²) in [5.74, 6) is -0.133. The number of alkyl halides is 2. The van der Waals surface area contributed by atoms with E-state index in [2.05, 4.69) is 0 Å². The molecule has 5 nitrogen and oxygen atoms in total. The van der Waals surface area contributed by atoms with Crippen LogP contribution in [0.15, 0.2) is 18.2 Å². The van der Waals surface area contributed by atoms with Gasteiger partial charge in [-0.3, -0.25) is 4.79 Å². The fourth-order valence-electron chi connectivity index (χ4n) is 2.11. The van der Waals surface area contributed by atoms with Crippen molar-refractivity contribution >= 4 is 37.2 Å². The monoisotopic (exact) mass is 353 g/mol. The van der Waals surface area contributed by atoms with Crippen LogP contribution in [0.25, 0.3) is 0 Å². The summed E-state index contributed by atoms with van der Waals surface area (Å²) in [6.07, 6.45) is 0.482. The Kier molecular flexibility index (Phi) is 7.04. The number of carbonyl (C=O) groups excluding carboxylic acids is 1. The molecule has 1 aromatic carbocycles. The normalized spacial score (nSPS) is 12.3. The van der Waals surface area contributed by atoms with E-state index in [1.54, 1.807) is 0 Å². The molecule has 0 saturated carbocycles. The molecule has 0 amide bonds. The standard InChI is InChI=1S/C13H15Cl2O5P/c1-9(16)11-8-10(2-3-12(11)17)13(4-6-14,5-7-15)20-21(18)19/h2-3,8H,4-7H2,1H3,(H-,16,17,18,19)/p+1. The van der Waals surface area contributed by atoms with Crippen LogP contribution in [0.3, 0.4) is 0 Å². The lowest BCUT2D eigenvalue weighted by Crippen LogP contribution is -2.29. The molecule has 0 fully saturated rings. The first-order valence-electron chi connectivity index (χ1n) is 6.18. The molecule has 0 heterocycles. The minimum atomic E-state index is -2.88. The van der Waals surface area contributed by atoms with E-state index in [0.29, 0.717) is 5.56 Å². The third-order valence-corrected chi connectivity index (χ3v) is 4.04. The molecule has 116 valence electrons. The van der Waals surface area contributed by atoms with Gasteiger partial charge in [-0.05, 0) is 37.5 Å². The van der Waals surface area contributed by atoms with E-state index in [-0.39, 0.29) is 41.7 Å². The summed E-state index contributed by atoms with van der Waals surface area (Å²) in [7, 11) is -2.88. The van der Waals surface area contributed by atoms with Crippen LogP contribution in [0.1, 0.15) is 35.7 Å². The highest BCUT2D eigenvalue weighted by molar-refractivity contribution is 7.32. The van der Waals surface area contributed by atoms with Gasteiger partial charge in [0.2, 0.25) is 0 Å². The minimum absolute atomic E-state index is 0.109. The molecule has 0 spiro atoms. The Morgan fingerprint density at radius 2 is 1.90 bits per heavy atom. The lowest BCUT2D eigenvalue weighted by atomic mass is 9.87. The number of hydrogen-bond donors (Lipinski definition) is 2. The molecule has 1 unspecified atom stereocenters. The van der Waals surface area contributed by atoms with E-state index in [0.717, 1.165) is 0 Å². The van der Waals surface area contributed by atoms with E-state index in [1.165, 1.54) is 25.1 Å². The van der Waals surface area contributed by atoms with Gasteiger partial charge in [-0.15, -0.1) is 32.6 Å². The number of phenols is 1. The molecule has 2 N–H and O–H groups in total. The SMILES string of the molecule is CC(=O)c1cc(C(CCCl)(CCCl)O[P+](=O)O)ccc1O. The number of aromatic hydroxyl groups is 1. The molecular weight excluding hydrogens is 338 g/mol. The predicted octanol–water partition coefficient (Wildman–Crippen LogP) is 3.71. The lowest BCUT2D eigenvalue weighted by Gasteiger charge is -2.27. The second-order valence-corrected chi connectivity index (χ2v) is 5.90. The van der Waals surface area contributed by atoms with Crippen LogP contribution >= 0.6 is 31.5 Å². The number of hydrogen-bond acceptors (Lipinski definition) is 4. The maximum absolute atomic E-state index is 11.5. The average Bonchev–Trinajstić information content (AvgIpc) is 2.38. The maximum Gasteiger partial charge on any atom is 0.695 e. The number of carbonyl (C=O) groups is 1. The molecule has 0 bridgehead atoms. The fourth-order valence-corrected chi connectivity index (χ4v) is 3.31. The molecule has 0 aliphatic heterocycles. The van der Waals surface area contributed by atoms with Crippen LogP contribution in [0.5, 0.6) is 5.75 Å². The highest BCUT2D eigenvalue weighted by atomic mass is 35.5. The quantitative estimate of drug-likeness (QED) is 0.422. The zero-order valence-electron chi connectivity index (χ0n) is 11.4. The zero-order valence-corrected chi connectivity index (χ0v) is 13.8. The van der Waals surface area contributed by atoms with Gasteiger partial charge in [0.1, 0.15) is 5.75 Å².